The van der Waals surface area contributed by atoms with E-state index in [1.807, 2.05) is 22.9 Å². The van der Waals surface area contributed by atoms with Gasteiger partial charge < -0.3 is 5.73 Å². The average Bonchev–Trinajstić information content (AvgIpc) is 2.79. The number of tetrazole rings is 1. The van der Waals surface area contributed by atoms with Crippen molar-refractivity contribution < 1.29 is 0 Å². The van der Waals surface area contributed by atoms with Crippen molar-refractivity contribution in [3.05, 3.63) is 22.7 Å². The first kappa shape index (κ1) is 12.6. The molecule has 1 heterocycles. The fourth-order valence-corrected chi connectivity index (χ4v) is 2.75. The van der Waals surface area contributed by atoms with Crippen LogP contribution in [0.5, 0.6) is 0 Å². The smallest absolute Gasteiger partial charge is 0.182 e. The number of nitrogens with two attached hydrogens (primary N) is 1. The largest absolute Gasteiger partial charge is 0.398 e. The summed E-state index contributed by atoms with van der Waals surface area (Å²) >= 11 is 3.40. The van der Waals surface area contributed by atoms with E-state index in [1.54, 1.807) is 0 Å². The molecule has 0 atom stereocenters. The van der Waals surface area contributed by atoms with E-state index in [-0.39, 0.29) is 0 Å². The van der Waals surface area contributed by atoms with E-state index >= 15 is 0 Å². The standard InChI is InChI=1S/C13H16BrN5/c1-13(5-2-6-13)8-19-12(16-17-18-19)9-3-4-10(14)11(15)7-9/h3-4,7H,2,5-6,8,15H2,1H3. The summed E-state index contributed by atoms with van der Waals surface area (Å²) in [4.78, 5) is 0. The van der Waals surface area contributed by atoms with Crippen LogP contribution in [0.4, 0.5) is 5.69 Å². The molecule has 1 aromatic carbocycles. The Morgan fingerprint density at radius 3 is 2.84 bits per heavy atom. The number of hydrogen-bond acceptors (Lipinski definition) is 4. The van der Waals surface area contributed by atoms with Crippen molar-refractivity contribution in [2.24, 2.45) is 5.41 Å². The summed E-state index contributed by atoms with van der Waals surface area (Å²) in [5, 5.41) is 12.0. The zero-order valence-electron chi connectivity index (χ0n) is 10.8. The van der Waals surface area contributed by atoms with Gasteiger partial charge in [-0.15, -0.1) is 5.10 Å². The van der Waals surface area contributed by atoms with E-state index in [0.717, 1.165) is 22.4 Å². The number of nitrogen functional groups attached to an aromatic ring is 1. The number of anilines is 1. The molecule has 1 saturated carbocycles. The average molecular weight is 322 g/mol. The molecule has 0 amide bonds. The molecule has 2 N–H and O–H groups in total. The van der Waals surface area contributed by atoms with Gasteiger partial charge in [0.05, 0.1) is 6.54 Å². The second kappa shape index (κ2) is 4.59. The fourth-order valence-electron chi connectivity index (χ4n) is 2.50. The predicted octanol–water partition coefficient (Wildman–Crippen LogP) is 2.88. The highest BCUT2D eigenvalue weighted by atomic mass is 79.9. The lowest BCUT2D eigenvalue weighted by atomic mass is 9.70. The predicted molar refractivity (Wildman–Crippen MR) is 77.3 cm³/mol. The quantitative estimate of drug-likeness (QED) is 0.882. The van der Waals surface area contributed by atoms with Crippen LogP contribution in [0.25, 0.3) is 11.4 Å². The zero-order chi connectivity index (χ0) is 13.5. The first-order valence-corrected chi connectivity index (χ1v) is 7.18. The summed E-state index contributed by atoms with van der Waals surface area (Å²) in [5.74, 6) is 0.785. The normalized spacial score (nSPS) is 17.2. The van der Waals surface area contributed by atoms with Gasteiger partial charge in [-0.3, -0.25) is 0 Å². The van der Waals surface area contributed by atoms with Gasteiger partial charge in [-0.2, -0.15) is 0 Å². The van der Waals surface area contributed by atoms with Gasteiger partial charge in [-0.05, 0) is 62.8 Å². The van der Waals surface area contributed by atoms with Crippen LogP contribution in [0.1, 0.15) is 26.2 Å². The van der Waals surface area contributed by atoms with E-state index in [1.165, 1.54) is 19.3 Å². The van der Waals surface area contributed by atoms with Crippen molar-refractivity contribution in [3.63, 3.8) is 0 Å². The van der Waals surface area contributed by atoms with Crippen LogP contribution in [-0.2, 0) is 6.54 Å². The molecule has 1 aliphatic rings. The lowest BCUT2D eigenvalue weighted by Gasteiger charge is -2.38. The number of aromatic nitrogens is 4. The maximum Gasteiger partial charge on any atom is 0.182 e. The van der Waals surface area contributed by atoms with Crippen molar-refractivity contribution in [1.82, 2.24) is 20.2 Å². The highest BCUT2D eigenvalue weighted by Gasteiger charge is 2.33. The molecular weight excluding hydrogens is 306 g/mol. The summed E-state index contributed by atoms with van der Waals surface area (Å²) in [6, 6.07) is 5.80. The molecule has 0 saturated heterocycles. The van der Waals surface area contributed by atoms with E-state index < -0.39 is 0 Å². The van der Waals surface area contributed by atoms with Crippen molar-refractivity contribution in [1.29, 1.82) is 0 Å². The summed E-state index contributed by atoms with van der Waals surface area (Å²) in [6.45, 7) is 3.16. The molecule has 0 bridgehead atoms. The van der Waals surface area contributed by atoms with Crippen LogP contribution >= 0.6 is 15.9 Å². The number of hydrogen-bond donors (Lipinski definition) is 1. The Hall–Kier alpha value is -1.43. The molecule has 0 radical (unpaired) electrons. The van der Waals surface area contributed by atoms with Gasteiger partial charge in [0.1, 0.15) is 0 Å². The van der Waals surface area contributed by atoms with Gasteiger partial charge in [0.15, 0.2) is 5.82 Å². The monoisotopic (exact) mass is 321 g/mol. The molecule has 3 rings (SSSR count). The minimum absolute atomic E-state index is 0.338. The molecule has 0 aliphatic heterocycles. The minimum Gasteiger partial charge on any atom is -0.398 e. The maximum absolute atomic E-state index is 5.92. The third-order valence-electron chi connectivity index (χ3n) is 3.88. The first-order valence-electron chi connectivity index (χ1n) is 6.39. The van der Waals surface area contributed by atoms with E-state index in [2.05, 4.69) is 38.4 Å². The molecule has 1 aromatic heterocycles. The van der Waals surface area contributed by atoms with Gasteiger partial charge in [0.2, 0.25) is 0 Å². The van der Waals surface area contributed by atoms with E-state index in [4.69, 9.17) is 5.73 Å². The van der Waals surface area contributed by atoms with Crippen molar-refractivity contribution in [2.45, 2.75) is 32.7 Å². The maximum atomic E-state index is 5.92. The molecular formula is C13H16BrN5. The fraction of sp³-hybridized carbons (Fsp3) is 0.462. The van der Waals surface area contributed by atoms with Crippen LogP contribution in [0.15, 0.2) is 22.7 Å². The van der Waals surface area contributed by atoms with E-state index in [9.17, 15) is 0 Å². The lowest BCUT2D eigenvalue weighted by Crippen LogP contribution is -2.31. The third kappa shape index (κ3) is 2.36. The number of halogens is 1. The van der Waals surface area contributed by atoms with Gasteiger partial charge in [-0.25, -0.2) is 4.68 Å². The molecule has 19 heavy (non-hydrogen) atoms. The zero-order valence-corrected chi connectivity index (χ0v) is 12.4. The Morgan fingerprint density at radius 2 is 2.21 bits per heavy atom. The SMILES string of the molecule is CC1(Cn2nnnc2-c2ccc(Br)c(N)c2)CCC1. The molecule has 100 valence electrons. The summed E-state index contributed by atoms with van der Waals surface area (Å²) in [5.41, 5.74) is 7.90. The van der Waals surface area contributed by atoms with Crippen LogP contribution in [0.3, 0.4) is 0 Å². The number of nitrogens with zero attached hydrogens (tertiary/aromatic N) is 4. The number of benzene rings is 1. The molecule has 0 unspecified atom stereocenters. The van der Waals surface area contributed by atoms with Gasteiger partial charge >= 0.3 is 0 Å². The first-order chi connectivity index (χ1) is 9.07. The summed E-state index contributed by atoms with van der Waals surface area (Å²) < 4.78 is 2.78. The van der Waals surface area contributed by atoms with Crippen molar-refractivity contribution in [2.75, 3.05) is 5.73 Å². The second-order valence-corrected chi connectivity index (χ2v) is 6.41. The summed E-state index contributed by atoms with van der Waals surface area (Å²) in [6.07, 6.45) is 3.79. The highest BCUT2D eigenvalue weighted by molar-refractivity contribution is 9.10. The Morgan fingerprint density at radius 1 is 1.42 bits per heavy atom. The molecule has 0 spiro atoms. The topological polar surface area (TPSA) is 69.6 Å². The Kier molecular flexibility index (Phi) is 3.05. The lowest BCUT2D eigenvalue weighted by molar-refractivity contribution is 0.126. The Bertz CT molecular complexity index is 603. The van der Waals surface area contributed by atoms with Crippen LogP contribution in [0.2, 0.25) is 0 Å². The molecule has 1 fully saturated rings. The van der Waals surface area contributed by atoms with Gasteiger partial charge in [0.25, 0.3) is 0 Å². The summed E-state index contributed by atoms with van der Waals surface area (Å²) in [7, 11) is 0. The molecule has 2 aromatic rings. The number of rotatable bonds is 3. The minimum atomic E-state index is 0.338. The van der Waals surface area contributed by atoms with Gasteiger partial charge in [0, 0.05) is 15.7 Å². The van der Waals surface area contributed by atoms with Crippen LogP contribution in [0, 0.1) is 5.41 Å². The molecule has 6 heteroatoms. The Balaban J connectivity index is 1.92. The molecule has 1 aliphatic carbocycles. The third-order valence-corrected chi connectivity index (χ3v) is 4.60. The van der Waals surface area contributed by atoms with E-state index in [0.29, 0.717) is 11.1 Å². The molecule has 5 nitrogen and oxygen atoms in total. The van der Waals surface area contributed by atoms with Crippen LogP contribution < -0.4 is 5.73 Å². The van der Waals surface area contributed by atoms with Crippen molar-refractivity contribution >= 4 is 21.6 Å². The van der Waals surface area contributed by atoms with Gasteiger partial charge in [-0.1, -0.05) is 13.3 Å². The highest BCUT2D eigenvalue weighted by Crippen LogP contribution is 2.42. The Labute approximate surface area is 120 Å². The van der Waals surface area contributed by atoms with Crippen LogP contribution in [-0.4, -0.2) is 20.2 Å². The van der Waals surface area contributed by atoms with Crippen molar-refractivity contribution in [3.8, 4) is 11.4 Å². The second-order valence-electron chi connectivity index (χ2n) is 5.56.